The monoisotopic (exact) mass is 318 g/mol. The van der Waals surface area contributed by atoms with Crippen LogP contribution in [-0.4, -0.2) is 23.5 Å². The largest absolute Gasteiger partial charge is 0.335 e. The van der Waals surface area contributed by atoms with Gasteiger partial charge in [0.2, 0.25) is 0 Å². The van der Waals surface area contributed by atoms with Crippen LogP contribution in [0.15, 0.2) is 24.3 Å². The zero-order valence-corrected chi connectivity index (χ0v) is 13.8. The molecule has 1 heterocycles. The van der Waals surface area contributed by atoms with Gasteiger partial charge >= 0.3 is 6.03 Å². The summed E-state index contributed by atoms with van der Waals surface area (Å²) >= 11 is 0. The lowest BCUT2D eigenvalue weighted by Gasteiger charge is -2.33. The zero-order valence-electron chi connectivity index (χ0n) is 13.8. The lowest BCUT2D eigenvalue weighted by Crippen LogP contribution is -2.46. The molecule has 2 fully saturated rings. The maximum atomic E-state index is 13.6. The van der Waals surface area contributed by atoms with Gasteiger partial charge in [0.25, 0.3) is 0 Å². The van der Waals surface area contributed by atoms with E-state index in [1.165, 1.54) is 25.3 Å². The maximum absolute atomic E-state index is 13.6. The molecule has 0 aromatic heterocycles. The quantitative estimate of drug-likeness (QED) is 0.836. The molecular formula is C19H27FN2O. The van der Waals surface area contributed by atoms with Gasteiger partial charge in [0.05, 0.1) is 6.04 Å². The number of hydrogen-bond donors (Lipinski definition) is 1. The molecule has 1 aromatic rings. The molecule has 2 aliphatic rings. The van der Waals surface area contributed by atoms with Gasteiger partial charge in [0.1, 0.15) is 5.82 Å². The molecule has 0 spiro atoms. The van der Waals surface area contributed by atoms with Crippen LogP contribution < -0.4 is 5.32 Å². The van der Waals surface area contributed by atoms with Gasteiger partial charge in [-0.1, -0.05) is 44.2 Å². The Hall–Kier alpha value is -1.58. The smallest absolute Gasteiger partial charge is 0.318 e. The number of amides is 2. The molecular weight excluding hydrogens is 291 g/mol. The van der Waals surface area contributed by atoms with Gasteiger partial charge in [-0.3, -0.25) is 0 Å². The fourth-order valence-corrected chi connectivity index (χ4v) is 3.92. The molecule has 2 amide bonds. The normalized spacial score (nSPS) is 23.3. The minimum Gasteiger partial charge on any atom is -0.335 e. The van der Waals surface area contributed by atoms with E-state index in [0.717, 1.165) is 50.6 Å². The number of benzene rings is 1. The standard InChI is InChI=1S/C19H27FN2O/c20-16-9-7-8-15(14-16)18-12-5-2-6-13-22(18)19(23)21-17-10-3-1-4-11-17/h7-9,14,17-18H,1-6,10-13H2,(H,21,23)/t18-/m1/s1. The van der Waals surface area contributed by atoms with Crippen molar-refractivity contribution < 1.29 is 9.18 Å². The van der Waals surface area contributed by atoms with Crippen molar-refractivity contribution in [1.29, 1.82) is 0 Å². The van der Waals surface area contributed by atoms with Crippen molar-refractivity contribution in [2.24, 2.45) is 0 Å². The molecule has 23 heavy (non-hydrogen) atoms. The topological polar surface area (TPSA) is 32.3 Å². The van der Waals surface area contributed by atoms with Crippen molar-refractivity contribution in [2.45, 2.75) is 69.9 Å². The first-order chi connectivity index (χ1) is 11.2. The molecule has 1 aromatic carbocycles. The van der Waals surface area contributed by atoms with Crippen LogP contribution in [0.3, 0.4) is 0 Å². The summed E-state index contributed by atoms with van der Waals surface area (Å²) in [5.41, 5.74) is 0.922. The number of rotatable bonds is 2. The molecule has 0 radical (unpaired) electrons. The second-order valence-electron chi connectivity index (χ2n) is 6.90. The third-order valence-corrected chi connectivity index (χ3v) is 5.18. The predicted molar refractivity (Wildman–Crippen MR) is 89.7 cm³/mol. The van der Waals surface area contributed by atoms with E-state index in [-0.39, 0.29) is 17.9 Å². The second-order valence-corrected chi connectivity index (χ2v) is 6.90. The fourth-order valence-electron chi connectivity index (χ4n) is 3.92. The number of halogens is 1. The van der Waals surface area contributed by atoms with E-state index >= 15 is 0 Å². The number of nitrogens with one attached hydrogen (secondary N) is 1. The molecule has 1 saturated heterocycles. The van der Waals surface area contributed by atoms with E-state index in [9.17, 15) is 9.18 Å². The highest BCUT2D eigenvalue weighted by atomic mass is 19.1. The summed E-state index contributed by atoms with van der Waals surface area (Å²) < 4.78 is 13.6. The van der Waals surface area contributed by atoms with Crippen LogP contribution in [0.5, 0.6) is 0 Å². The Morgan fingerprint density at radius 3 is 2.57 bits per heavy atom. The number of likely N-dealkylation sites (tertiary alicyclic amines) is 1. The van der Waals surface area contributed by atoms with Gasteiger partial charge in [-0.15, -0.1) is 0 Å². The molecule has 1 atom stereocenters. The molecule has 0 bridgehead atoms. The number of carbonyl (C=O) groups is 1. The van der Waals surface area contributed by atoms with Gasteiger partial charge in [0, 0.05) is 12.6 Å². The second kappa shape index (κ2) is 7.80. The molecule has 3 nitrogen and oxygen atoms in total. The minimum atomic E-state index is -0.223. The highest BCUT2D eigenvalue weighted by Gasteiger charge is 2.28. The van der Waals surface area contributed by atoms with E-state index in [1.807, 2.05) is 11.0 Å². The average molecular weight is 318 g/mol. The van der Waals surface area contributed by atoms with E-state index in [2.05, 4.69) is 5.32 Å². The zero-order chi connectivity index (χ0) is 16.1. The molecule has 0 unspecified atom stereocenters. The van der Waals surface area contributed by atoms with E-state index in [4.69, 9.17) is 0 Å². The van der Waals surface area contributed by atoms with Gasteiger partial charge in [0.15, 0.2) is 0 Å². The number of carbonyl (C=O) groups excluding carboxylic acids is 1. The van der Waals surface area contributed by atoms with Crippen LogP contribution in [0.1, 0.15) is 69.4 Å². The Balaban J connectivity index is 1.73. The van der Waals surface area contributed by atoms with Crippen LogP contribution in [-0.2, 0) is 0 Å². The third kappa shape index (κ3) is 4.24. The summed E-state index contributed by atoms with van der Waals surface area (Å²) in [5.74, 6) is -0.223. The van der Waals surface area contributed by atoms with Crippen molar-refractivity contribution >= 4 is 6.03 Å². The summed E-state index contributed by atoms with van der Waals surface area (Å²) in [7, 11) is 0. The van der Waals surface area contributed by atoms with Crippen molar-refractivity contribution in [2.75, 3.05) is 6.54 Å². The Bertz CT molecular complexity index is 528. The Kier molecular flexibility index (Phi) is 5.52. The average Bonchev–Trinajstić information content (AvgIpc) is 2.82. The highest BCUT2D eigenvalue weighted by Crippen LogP contribution is 2.31. The van der Waals surface area contributed by atoms with E-state index in [0.29, 0.717) is 6.04 Å². The number of nitrogens with zero attached hydrogens (tertiary/aromatic N) is 1. The van der Waals surface area contributed by atoms with Gasteiger partial charge in [-0.2, -0.15) is 0 Å². The first-order valence-corrected chi connectivity index (χ1v) is 9.06. The van der Waals surface area contributed by atoms with Gasteiger partial charge in [-0.05, 0) is 43.4 Å². The van der Waals surface area contributed by atoms with Crippen molar-refractivity contribution in [3.8, 4) is 0 Å². The van der Waals surface area contributed by atoms with Crippen LogP contribution >= 0.6 is 0 Å². The SMILES string of the molecule is O=C(NC1CCCCC1)N1CCCCC[C@@H]1c1cccc(F)c1. The Labute approximate surface area is 138 Å². The lowest BCUT2D eigenvalue weighted by molar-refractivity contribution is 0.168. The highest BCUT2D eigenvalue weighted by molar-refractivity contribution is 5.75. The molecule has 1 aliphatic carbocycles. The Morgan fingerprint density at radius 1 is 1.04 bits per heavy atom. The van der Waals surface area contributed by atoms with Crippen LogP contribution in [0.2, 0.25) is 0 Å². The van der Waals surface area contributed by atoms with Crippen molar-refractivity contribution in [3.63, 3.8) is 0 Å². The molecule has 4 heteroatoms. The summed E-state index contributed by atoms with van der Waals surface area (Å²) in [6.45, 7) is 0.764. The molecule has 126 valence electrons. The van der Waals surface area contributed by atoms with Gasteiger partial charge < -0.3 is 10.2 Å². The van der Waals surface area contributed by atoms with Crippen LogP contribution in [0.4, 0.5) is 9.18 Å². The number of urea groups is 1. The third-order valence-electron chi connectivity index (χ3n) is 5.18. The molecule has 1 N–H and O–H groups in total. The maximum Gasteiger partial charge on any atom is 0.318 e. The molecule has 1 aliphatic heterocycles. The first kappa shape index (κ1) is 16.3. The predicted octanol–water partition coefficient (Wildman–Crippen LogP) is 4.79. The summed E-state index contributed by atoms with van der Waals surface area (Å²) in [5, 5.41) is 3.22. The van der Waals surface area contributed by atoms with Crippen molar-refractivity contribution in [1.82, 2.24) is 10.2 Å². The first-order valence-electron chi connectivity index (χ1n) is 9.06. The van der Waals surface area contributed by atoms with E-state index < -0.39 is 0 Å². The number of hydrogen-bond acceptors (Lipinski definition) is 1. The summed E-state index contributed by atoms with van der Waals surface area (Å²) in [6.07, 6.45) is 10.0. The molecule has 3 rings (SSSR count). The lowest BCUT2D eigenvalue weighted by atomic mass is 9.95. The minimum absolute atomic E-state index is 0.00297. The van der Waals surface area contributed by atoms with Crippen LogP contribution in [0.25, 0.3) is 0 Å². The van der Waals surface area contributed by atoms with Crippen molar-refractivity contribution in [3.05, 3.63) is 35.6 Å². The molecule has 1 saturated carbocycles. The Morgan fingerprint density at radius 2 is 1.78 bits per heavy atom. The van der Waals surface area contributed by atoms with Crippen LogP contribution in [0, 0.1) is 5.82 Å². The van der Waals surface area contributed by atoms with E-state index in [1.54, 1.807) is 12.1 Å². The fraction of sp³-hybridized carbons (Fsp3) is 0.632. The summed E-state index contributed by atoms with van der Waals surface area (Å²) in [4.78, 5) is 14.7. The summed E-state index contributed by atoms with van der Waals surface area (Å²) in [6, 6.07) is 7.08. The van der Waals surface area contributed by atoms with Gasteiger partial charge in [-0.25, -0.2) is 9.18 Å².